The van der Waals surface area contributed by atoms with E-state index >= 15 is 0 Å². The quantitative estimate of drug-likeness (QED) is 0.615. The second-order valence-electron chi connectivity index (χ2n) is 3.50. The zero-order chi connectivity index (χ0) is 11.1. The Hall–Kier alpha value is -0.250. The fourth-order valence-electron chi connectivity index (χ4n) is 1.17. The maximum atomic E-state index is 5.70. The van der Waals surface area contributed by atoms with Gasteiger partial charge in [-0.2, -0.15) is 11.8 Å². The lowest BCUT2D eigenvalue weighted by Gasteiger charge is -2.08. The summed E-state index contributed by atoms with van der Waals surface area (Å²) in [4.78, 5) is 4.03. The molecule has 1 aromatic heterocycles. The van der Waals surface area contributed by atoms with Crippen LogP contribution >= 0.6 is 23.4 Å². The Balaban J connectivity index is 2.17. The van der Waals surface area contributed by atoms with Crippen molar-refractivity contribution in [2.45, 2.75) is 25.1 Å². The average molecular weight is 245 g/mol. The summed E-state index contributed by atoms with van der Waals surface area (Å²) in [5.41, 5.74) is 1.18. The van der Waals surface area contributed by atoms with E-state index in [2.05, 4.69) is 23.5 Å². The van der Waals surface area contributed by atoms with Gasteiger partial charge in [-0.25, -0.2) is 4.98 Å². The molecule has 0 amide bonds. The Morgan fingerprint density at radius 2 is 2.33 bits per heavy atom. The zero-order valence-corrected chi connectivity index (χ0v) is 10.7. The lowest BCUT2D eigenvalue weighted by atomic mass is 10.2. The standard InChI is InChI=1S/C11H17ClN2S/c1-9(15-2)5-6-13-7-10-3-4-11(12)14-8-10/h3-4,8-9,13H,5-7H2,1-2H3. The molecule has 0 spiro atoms. The van der Waals surface area contributed by atoms with Crippen molar-refractivity contribution < 1.29 is 0 Å². The normalized spacial score (nSPS) is 12.7. The summed E-state index contributed by atoms with van der Waals surface area (Å²) in [5, 5.41) is 4.66. The Kier molecular flexibility index (Phi) is 6.06. The molecule has 84 valence electrons. The van der Waals surface area contributed by atoms with Crippen molar-refractivity contribution in [2.75, 3.05) is 12.8 Å². The van der Waals surface area contributed by atoms with Crippen LogP contribution in [0.15, 0.2) is 18.3 Å². The average Bonchev–Trinajstić information content (AvgIpc) is 2.26. The number of pyridine rings is 1. The summed E-state index contributed by atoms with van der Waals surface area (Å²) in [7, 11) is 0. The molecule has 15 heavy (non-hydrogen) atoms. The van der Waals surface area contributed by atoms with Crippen LogP contribution in [0.3, 0.4) is 0 Å². The van der Waals surface area contributed by atoms with Crippen LogP contribution in [0.4, 0.5) is 0 Å². The van der Waals surface area contributed by atoms with Crippen LogP contribution in [0.5, 0.6) is 0 Å². The minimum absolute atomic E-state index is 0.551. The van der Waals surface area contributed by atoms with E-state index in [1.807, 2.05) is 30.1 Å². The maximum absolute atomic E-state index is 5.70. The van der Waals surface area contributed by atoms with E-state index in [9.17, 15) is 0 Å². The lowest BCUT2D eigenvalue weighted by molar-refractivity contribution is 0.647. The molecule has 0 bridgehead atoms. The first-order valence-electron chi connectivity index (χ1n) is 5.06. The molecule has 0 aliphatic rings. The molecule has 1 unspecified atom stereocenters. The van der Waals surface area contributed by atoms with Crippen molar-refractivity contribution in [2.24, 2.45) is 0 Å². The van der Waals surface area contributed by atoms with Gasteiger partial charge in [-0.05, 0) is 30.9 Å². The van der Waals surface area contributed by atoms with Gasteiger partial charge in [-0.15, -0.1) is 0 Å². The molecule has 2 nitrogen and oxygen atoms in total. The van der Waals surface area contributed by atoms with Crippen LogP contribution in [0.2, 0.25) is 5.15 Å². The van der Waals surface area contributed by atoms with Gasteiger partial charge in [0, 0.05) is 18.0 Å². The minimum atomic E-state index is 0.551. The SMILES string of the molecule is CSC(C)CCNCc1ccc(Cl)nc1. The molecular formula is C11H17ClN2S. The number of aromatic nitrogens is 1. The van der Waals surface area contributed by atoms with E-state index in [0.29, 0.717) is 5.15 Å². The molecule has 0 saturated carbocycles. The van der Waals surface area contributed by atoms with Gasteiger partial charge in [0.05, 0.1) is 0 Å². The number of halogens is 1. The first-order valence-corrected chi connectivity index (χ1v) is 6.73. The van der Waals surface area contributed by atoms with Gasteiger partial charge in [-0.3, -0.25) is 0 Å². The van der Waals surface area contributed by atoms with Gasteiger partial charge < -0.3 is 5.32 Å². The monoisotopic (exact) mass is 244 g/mol. The largest absolute Gasteiger partial charge is 0.313 e. The molecule has 1 rings (SSSR count). The number of nitrogens with one attached hydrogen (secondary N) is 1. The molecule has 0 saturated heterocycles. The highest BCUT2D eigenvalue weighted by Gasteiger charge is 1.98. The van der Waals surface area contributed by atoms with Crippen molar-refractivity contribution in [3.05, 3.63) is 29.0 Å². The number of hydrogen-bond acceptors (Lipinski definition) is 3. The molecule has 0 aliphatic heterocycles. The van der Waals surface area contributed by atoms with Gasteiger partial charge in [0.25, 0.3) is 0 Å². The third-order valence-corrected chi connectivity index (χ3v) is 3.51. The van der Waals surface area contributed by atoms with E-state index < -0.39 is 0 Å². The third kappa shape index (κ3) is 5.40. The number of rotatable bonds is 6. The molecular weight excluding hydrogens is 228 g/mol. The smallest absolute Gasteiger partial charge is 0.129 e. The third-order valence-electron chi connectivity index (χ3n) is 2.25. The van der Waals surface area contributed by atoms with Gasteiger partial charge in [0.1, 0.15) is 5.15 Å². The van der Waals surface area contributed by atoms with Gasteiger partial charge >= 0.3 is 0 Å². The van der Waals surface area contributed by atoms with Crippen LogP contribution in [-0.4, -0.2) is 23.0 Å². The van der Waals surface area contributed by atoms with Crippen LogP contribution in [0, 0.1) is 0 Å². The second-order valence-corrected chi connectivity index (χ2v) is 5.16. The van der Waals surface area contributed by atoms with Gasteiger partial charge in [-0.1, -0.05) is 24.6 Å². The van der Waals surface area contributed by atoms with E-state index in [1.54, 1.807) is 0 Å². The van der Waals surface area contributed by atoms with Crippen LogP contribution in [0.1, 0.15) is 18.9 Å². The van der Waals surface area contributed by atoms with Crippen molar-refractivity contribution in [1.82, 2.24) is 10.3 Å². The van der Waals surface area contributed by atoms with Crippen LogP contribution in [0.25, 0.3) is 0 Å². The van der Waals surface area contributed by atoms with E-state index in [4.69, 9.17) is 11.6 Å². The topological polar surface area (TPSA) is 24.9 Å². The lowest BCUT2D eigenvalue weighted by Crippen LogP contribution is -2.17. The first-order chi connectivity index (χ1) is 7.22. The number of thioether (sulfide) groups is 1. The molecule has 4 heteroatoms. The molecule has 1 aromatic rings. The number of nitrogens with zero attached hydrogens (tertiary/aromatic N) is 1. The molecule has 1 heterocycles. The Bertz CT molecular complexity index is 276. The Morgan fingerprint density at radius 3 is 2.93 bits per heavy atom. The highest BCUT2D eigenvalue weighted by atomic mass is 35.5. The van der Waals surface area contributed by atoms with Crippen LogP contribution < -0.4 is 5.32 Å². The molecule has 0 aliphatic carbocycles. The molecule has 1 atom stereocenters. The van der Waals surface area contributed by atoms with E-state index in [1.165, 1.54) is 12.0 Å². The summed E-state index contributed by atoms with van der Waals surface area (Å²) in [6.45, 7) is 4.16. The number of hydrogen-bond donors (Lipinski definition) is 1. The highest BCUT2D eigenvalue weighted by molar-refractivity contribution is 7.99. The predicted molar refractivity (Wildman–Crippen MR) is 68.5 cm³/mol. The van der Waals surface area contributed by atoms with E-state index in [-0.39, 0.29) is 0 Å². The minimum Gasteiger partial charge on any atom is -0.313 e. The summed E-state index contributed by atoms with van der Waals surface area (Å²) >= 11 is 7.60. The molecule has 0 radical (unpaired) electrons. The van der Waals surface area contributed by atoms with Crippen LogP contribution in [-0.2, 0) is 6.54 Å². The predicted octanol–water partition coefficient (Wildman–Crippen LogP) is 2.97. The van der Waals surface area contributed by atoms with Gasteiger partial charge in [0.2, 0.25) is 0 Å². The van der Waals surface area contributed by atoms with Crippen molar-refractivity contribution in [1.29, 1.82) is 0 Å². The van der Waals surface area contributed by atoms with E-state index in [0.717, 1.165) is 18.3 Å². The molecule has 0 aromatic carbocycles. The summed E-state index contributed by atoms with van der Waals surface area (Å²) in [5.74, 6) is 0. The van der Waals surface area contributed by atoms with Crippen molar-refractivity contribution in [3.63, 3.8) is 0 Å². The Labute approximate surface area is 101 Å². The van der Waals surface area contributed by atoms with Crippen molar-refractivity contribution >= 4 is 23.4 Å². The summed E-state index contributed by atoms with van der Waals surface area (Å²) < 4.78 is 0. The first kappa shape index (κ1) is 12.8. The fraction of sp³-hybridized carbons (Fsp3) is 0.545. The zero-order valence-electron chi connectivity index (χ0n) is 9.16. The van der Waals surface area contributed by atoms with Gasteiger partial charge in [0.15, 0.2) is 0 Å². The molecule has 1 N–H and O–H groups in total. The summed E-state index contributed by atoms with van der Waals surface area (Å²) in [6.07, 6.45) is 5.16. The fourth-order valence-corrected chi connectivity index (χ4v) is 1.63. The summed E-state index contributed by atoms with van der Waals surface area (Å²) in [6, 6.07) is 3.82. The maximum Gasteiger partial charge on any atom is 0.129 e. The highest BCUT2D eigenvalue weighted by Crippen LogP contribution is 2.08. The second kappa shape index (κ2) is 7.09. The molecule has 0 fully saturated rings. The Morgan fingerprint density at radius 1 is 1.53 bits per heavy atom. The van der Waals surface area contributed by atoms with Crippen molar-refractivity contribution in [3.8, 4) is 0 Å².